The van der Waals surface area contributed by atoms with Crippen LogP contribution in [0.1, 0.15) is 25.0 Å². The first-order valence-corrected chi connectivity index (χ1v) is 17.1. The molecule has 0 bridgehead atoms. The summed E-state index contributed by atoms with van der Waals surface area (Å²) < 4.78 is 0. The highest BCUT2D eigenvalue weighted by Crippen LogP contribution is 2.53. The first-order valence-electron chi connectivity index (χ1n) is 17.1. The molecule has 0 radical (unpaired) electrons. The van der Waals surface area contributed by atoms with Crippen molar-refractivity contribution in [3.8, 4) is 67.5 Å². The van der Waals surface area contributed by atoms with Crippen LogP contribution in [-0.4, -0.2) is 15.0 Å². The molecule has 0 N–H and O–H groups in total. The summed E-state index contributed by atoms with van der Waals surface area (Å²) in [6.45, 7) is 12.1. The van der Waals surface area contributed by atoms with Crippen molar-refractivity contribution in [2.75, 3.05) is 0 Å². The molecule has 1 aliphatic carbocycles. The molecule has 1 aromatic heterocycles. The molecule has 51 heavy (non-hydrogen) atoms. The largest absolute Gasteiger partial charge is 0.238 e. The molecule has 0 amide bonds. The van der Waals surface area contributed by atoms with Gasteiger partial charge in [0.15, 0.2) is 23.2 Å². The molecule has 0 fully saturated rings. The van der Waals surface area contributed by atoms with Crippen LogP contribution in [0.4, 0.5) is 5.69 Å². The Morgan fingerprint density at radius 1 is 0.431 bits per heavy atom. The number of nitrogens with zero attached hydrogens (tertiary/aromatic N) is 4. The van der Waals surface area contributed by atoms with E-state index in [1.165, 1.54) is 33.2 Å². The van der Waals surface area contributed by atoms with Gasteiger partial charge in [0.2, 0.25) is 0 Å². The average Bonchev–Trinajstić information content (AvgIpc) is 3.43. The Labute approximate surface area is 297 Å². The number of rotatable bonds is 5. The van der Waals surface area contributed by atoms with E-state index in [9.17, 15) is 0 Å². The zero-order valence-corrected chi connectivity index (χ0v) is 28.3. The number of aromatic nitrogens is 3. The molecule has 1 aliphatic rings. The van der Waals surface area contributed by atoms with Crippen LogP contribution >= 0.6 is 0 Å². The third kappa shape index (κ3) is 5.28. The molecule has 0 spiro atoms. The van der Waals surface area contributed by atoms with Crippen LogP contribution in [0.5, 0.6) is 0 Å². The Balaban J connectivity index is 1.10. The van der Waals surface area contributed by atoms with Crippen LogP contribution in [0.15, 0.2) is 158 Å². The molecule has 4 nitrogen and oxygen atoms in total. The lowest BCUT2D eigenvalue weighted by atomic mass is 9.82. The fourth-order valence-corrected chi connectivity index (χ4v) is 7.44. The SMILES string of the molecule is [C-]#[N+]c1ccc2c(c1)C(C)(C)c1cccc(-c3ccc(-c4cccc(-c5nc(-c6ccccc6)nc(-c6ccc7ccccc7c6)n5)c4)cc3)c1-2. The summed E-state index contributed by atoms with van der Waals surface area (Å²) in [4.78, 5) is 18.7. The van der Waals surface area contributed by atoms with Gasteiger partial charge in [-0.1, -0.05) is 159 Å². The van der Waals surface area contributed by atoms with Gasteiger partial charge < -0.3 is 0 Å². The first-order chi connectivity index (χ1) is 25.0. The Morgan fingerprint density at radius 3 is 1.80 bits per heavy atom. The number of hydrogen-bond donors (Lipinski definition) is 0. The van der Waals surface area contributed by atoms with E-state index in [1.807, 2.05) is 36.4 Å². The Morgan fingerprint density at radius 2 is 1.04 bits per heavy atom. The second-order valence-corrected chi connectivity index (χ2v) is 13.6. The summed E-state index contributed by atoms with van der Waals surface area (Å²) in [5.74, 6) is 1.92. The van der Waals surface area contributed by atoms with Gasteiger partial charge in [-0.2, -0.15) is 0 Å². The molecule has 0 unspecified atom stereocenters. The topological polar surface area (TPSA) is 43.0 Å². The van der Waals surface area contributed by atoms with Gasteiger partial charge >= 0.3 is 0 Å². The standard InChI is InChI=1S/C47H32N4/c1-47(2)41-18-10-17-39(43(41)40-26-25-38(48-3)29-42(40)47)32-22-19-31(20-23-32)35-15-9-16-36(27-35)45-49-44(33-12-5-4-6-13-33)50-46(51-45)37-24-21-30-11-7-8-14-34(30)28-37/h4-29H,1-2H3. The van der Waals surface area contributed by atoms with Crippen molar-refractivity contribution in [3.05, 3.63) is 180 Å². The monoisotopic (exact) mass is 652 g/mol. The normalized spacial score (nSPS) is 12.6. The summed E-state index contributed by atoms with van der Waals surface area (Å²) >= 11 is 0. The highest BCUT2D eigenvalue weighted by Gasteiger charge is 2.36. The lowest BCUT2D eigenvalue weighted by molar-refractivity contribution is 0.661. The van der Waals surface area contributed by atoms with Gasteiger partial charge in [0.1, 0.15) is 0 Å². The van der Waals surface area contributed by atoms with E-state index in [4.69, 9.17) is 21.5 Å². The first kappa shape index (κ1) is 30.4. The zero-order chi connectivity index (χ0) is 34.5. The maximum Gasteiger partial charge on any atom is 0.187 e. The third-order valence-electron chi connectivity index (χ3n) is 10.1. The maximum atomic E-state index is 7.56. The van der Waals surface area contributed by atoms with E-state index in [1.54, 1.807) is 0 Å². The summed E-state index contributed by atoms with van der Waals surface area (Å²) in [5, 5.41) is 2.32. The minimum absolute atomic E-state index is 0.175. The van der Waals surface area contributed by atoms with Crippen molar-refractivity contribution in [1.82, 2.24) is 15.0 Å². The molecule has 0 aliphatic heterocycles. The third-order valence-corrected chi connectivity index (χ3v) is 10.1. The van der Waals surface area contributed by atoms with Crippen LogP contribution in [0.25, 0.3) is 83.2 Å². The molecule has 8 aromatic rings. The van der Waals surface area contributed by atoms with Crippen molar-refractivity contribution >= 4 is 16.5 Å². The van der Waals surface area contributed by atoms with Crippen LogP contribution in [0, 0.1) is 6.57 Å². The Kier molecular flexibility index (Phi) is 7.15. The van der Waals surface area contributed by atoms with E-state index < -0.39 is 0 Å². The molecule has 7 aromatic carbocycles. The van der Waals surface area contributed by atoms with Gasteiger partial charge in [0.05, 0.1) is 6.57 Å². The second kappa shape index (κ2) is 12.0. The Hall–Kier alpha value is -6.70. The summed E-state index contributed by atoms with van der Waals surface area (Å²) in [6.07, 6.45) is 0. The average molecular weight is 653 g/mol. The predicted molar refractivity (Wildman–Crippen MR) is 208 cm³/mol. The van der Waals surface area contributed by atoms with Crippen LogP contribution < -0.4 is 0 Å². The van der Waals surface area contributed by atoms with Crippen molar-refractivity contribution in [2.24, 2.45) is 0 Å². The lowest BCUT2D eigenvalue weighted by Gasteiger charge is -2.22. The predicted octanol–water partition coefficient (Wildman–Crippen LogP) is 12.2. The second-order valence-electron chi connectivity index (χ2n) is 13.6. The van der Waals surface area contributed by atoms with Crippen molar-refractivity contribution in [3.63, 3.8) is 0 Å². The van der Waals surface area contributed by atoms with Gasteiger partial charge in [-0.25, -0.2) is 19.8 Å². The minimum Gasteiger partial charge on any atom is -0.238 e. The fourth-order valence-electron chi connectivity index (χ4n) is 7.44. The maximum absolute atomic E-state index is 7.56. The van der Waals surface area contributed by atoms with Crippen LogP contribution in [0.3, 0.4) is 0 Å². The van der Waals surface area contributed by atoms with E-state index in [0.29, 0.717) is 23.2 Å². The van der Waals surface area contributed by atoms with E-state index in [0.717, 1.165) is 38.8 Å². The summed E-state index contributed by atoms with van der Waals surface area (Å²) in [5.41, 5.74) is 12.9. The van der Waals surface area contributed by atoms with E-state index in [-0.39, 0.29) is 5.41 Å². The molecule has 4 heteroatoms. The molecule has 0 saturated heterocycles. The summed E-state index contributed by atoms with van der Waals surface area (Å²) in [7, 11) is 0. The number of benzene rings is 7. The highest BCUT2D eigenvalue weighted by molar-refractivity contribution is 5.93. The van der Waals surface area contributed by atoms with Gasteiger partial charge in [0, 0.05) is 22.1 Å². The molecular weight excluding hydrogens is 621 g/mol. The smallest absolute Gasteiger partial charge is 0.187 e. The molecule has 0 atom stereocenters. The summed E-state index contributed by atoms with van der Waals surface area (Å²) in [6, 6.07) is 54.7. The molecule has 0 saturated carbocycles. The quantitative estimate of drug-likeness (QED) is 0.174. The van der Waals surface area contributed by atoms with E-state index >= 15 is 0 Å². The van der Waals surface area contributed by atoms with Gasteiger partial charge in [-0.05, 0) is 67.4 Å². The number of hydrogen-bond acceptors (Lipinski definition) is 3. The van der Waals surface area contributed by atoms with E-state index in [2.05, 4.69) is 140 Å². The highest BCUT2D eigenvalue weighted by atomic mass is 15.0. The minimum atomic E-state index is -0.175. The molecule has 9 rings (SSSR count). The molecule has 1 heterocycles. The lowest BCUT2D eigenvalue weighted by Crippen LogP contribution is -2.14. The molecular formula is C47H32N4. The van der Waals surface area contributed by atoms with Gasteiger partial charge in [0.25, 0.3) is 0 Å². The molecule has 240 valence electrons. The number of fused-ring (bicyclic) bond motifs is 4. The Bertz CT molecular complexity index is 2670. The van der Waals surface area contributed by atoms with Crippen molar-refractivity contribution in [1.29, 1.82) is 0 Å². The van der Waals surface area contributed by atoms with Crippen LogP contribution in [-0.2, 0) is 5.41 Å². The van der Waals surface area contributed by atoms with Gasteiger partial charge in [-0.3, -0.25) is 0 Å². The fraction of sp³-hybridized carbons (Fsp3) is 0.0638. The van der Waals surface area contributed by atoms with Gasteiger partial charge in [-0.15, -0.1) is 0 Å². The van der Waals surface area contributed by atoms with Crippen molar-refractivity contribution in [2.45, 2.75) is 19.3 Å². The van der Waals surface area contributed by atoms with Crippen LogP contribution in [0.2, 0.25) is 0 Å². The van der Waals surface area contributed by atoms with Crippen molar-refractivity contribution < 1.29 is 0 Å². The zero-order valence-electron chi connectivity index (χ0n) is 28.3.